The van der Waals surface area contributed by atoms with Crippen LogP contribution in [0, 0.1) is 0 Å². The lowest BCUT2D eigenvalue weighted by molar-refractivity contribution is 0.0740. The highest BCUT2D eigenvalue weighted by molar-refractivity contribution is 7.14. The molecule has 0 unspecified atom stereocenters. The van der Waals surface area contributed by atoms with E-state index in [1.807, 2.05) is 42.7 Å². The van der Waals surface area contributed by atoms with Crippen LogP contribution in [-0.4, -0.2) is 24.0 Å². The van der Waals surface area contributed by atoms with Gasteiger partial charge in [0.25, 0.3) is 0 Å². The highest BCUT2D eigenvalue weighted by atomic mass is 32.1. The lowest BCUT2D eigenvalue weighted by Crippen LogP contribution is -2.28. The van der Waals surface area contributed by atoms with Crippen molar-refractivity contribution in [3.05, 3.63) is 64.1 Å². The molecule has 0 aliphatic carbocycles. The van der Waals surface area contributed by atoms with E-state index in [1.165, 1.54) is 80.7 Å². The fourth-order valence-corrected chi connectivity index (χ4v) is 9.41. The number of benzene rings is 1. The standard InChI is InChI=1S/C32H46N2O2SSi/c1-5-7-9-10-11-12-13-14-15-26-23-33-31(34-24-26)27-16-18-28(19-17-27)36-32(35)30-21-20-29(37-30)25-38(3,4)22-8-6-2/h16-21,23-24H,5-15,22,25H2,1-4H3. The van der Waals surface area contributed by atoms with Crippen LogP contribution in [-0.2, 0) is 12.5 Å². The maximum atomic E-state index is 12.7. The van der Waals surface area contributed by atoms with Crippen LogP contribution in [0.5, 0.6) is 5.75 Å². The molecule has 6 heteroatoms. The second-order valence-corrected chi connectivity index (χ2v) is 17.6. The summed E-state index contributed by atoms with van der Waals surface area (Å²) in [7, 11) is -1.27. The van der Waals surface area contributed by atoms with E-state index in [9.17, 15) is 4.79 Å². The Labute approximate surface area is 235 Å². The third-order valence-corrected chi connectivity index (χ3v) is 11.4. The summed E-state index contributed by atoms with van der Waals surface area (Å²) in [5.74, 6) is 0.946. The second kappa shape index (κ2) is 15.9. The molecule has 38 heavy (non-hydrogen) atoms. The molecule has 206 valence electrons. The van der Waals surface area contributed by atoms with Crippen molar-refractivity contribution in [2.24, 2.45) is 0 Å². The molecule has 0 atom stereocenters. The van der Waals surface area contributed by atoms with Gasteiger partial charge < -0.3 is 4.74 Å². The molecule has 0 aliphatic rings. The van der Waals surface area contributed by atoms with Crippen molar-refractivity contribution in [2.45, 2.75) is 110 Å². The van der Waals surface area contributed by atoms with Crippen LogP contribution in [0.4, 0.5) is 0 Å². The summed E-state index contributed by atoms with van der Waals surface area (Å²) < 4.78 is 5.65. The minimum atomic E-state index is -1.27. The first-order valence-corrected chi connectivity index (χ1v) is 18.9. The molecular weight excluding hydrogens is 505 g/mol. The van der Waals surface area contributed by atoms with Crippen molar-refractivity contribution in [1.29, 1.82) is 0 Å². The van der Waals surface area contributed by atoms with Gasteiger partial charge in [-0.2, -0.15) is 0 Å². The van der Waals surface area contributed by atoms with Crippen molar-refractivity contribution in [1.82, 2.24) is 9.97 Å². The molecule has 4 nitrogen and oxygen atoms in total. The number of rotatable bonds is 17. The molecule has 2 heterocycles. The summed E-state index contributed by atoms with van der Waals surface area (Å²) in [6.45, 7) is 9.39. The molecule has 0 saturated heterocycles. The van der Waals surface area contributed by atoms with Crippen LogP contribution < -0.4 is 4.74 Å². The zero-order chi connectivity index (χ0) is 27.2. The number of carbonyl (C=O) groups excluding carboxylic acids is 1. The third kappa shape index (κ3) is 10.5. The molecule has 0 fully saturated rings. The van der Waals surface area contributed by atoms with Crippen LogP contribution in [0.2, 0.25) is 19.1 Å². The molecule has 0 spiro atoms. The summed E-state index contributed by atoms with van der Waals surface area (Å²) in [6, 6.07) is 13.9. The van der Waals surface area contributed by atoms with Gasteiger partial charge in [0.1, 0.15) is 10.6 Å². The molecule has 0 saturated carbocycles. The summed E-state index contributed by atoms with van der Waals surface area (Å²) >= 11 is 1.57. The first-order chi connectivity index (χ1) is 18.4. The van der Waals surface area contributed by atoms with Crippen LogP contribution in [0.15, 0.2) is 48.8 Å². The molecule has 0 amide bonds. The molecule has 0 bridgehead atoms. The Morgan fingerprint density at radius 1 is 0.816 bits per heavy atom. The van der Waals surface area contributed by atoms with Crippen LogP contribution in [0.1, 0.15) is 98.2 Å². The van der Waals surface area contributed by atoms with Crippen LogP contribution in [0.3, 0.4) is 0 Å². The molecule has 3 rings (SSSR count). The van der Waals surface area contributed by atoms with Gasteiger partial charge in [0, 0.05) is 22.8 Å². The maximum absolute atomic E-state index is 12.7. The zero-order valence-corrected chi connectivity index (χ0v) is 25.7. The topological polar surface area (TPSA) is 52.1 Å². The van der Waals surface area contributed by atoms with Crippen LogP contribution >= 0.6 is 11.3 Å². The average Bonchev–Trinajstić information content (AvgIpc) is 3.38. The highest BCUT2D eigenvalue weighted by Crippen LogP contribution is 2.26. The van der Waals surface area contributed by atoms with Gasteiger partial charge in [-0.15, -0.1) is 11.3 Å². The fraction of sp³-hybridized carbons (Fsp3) is 0.531. The molecule has 0 aliphatic heterocycles. The Balaban J connectivity index is 1.45. The Bertz CT molecular complexity index is 1090. The zero-order valence-electron chi connectivity index (χ0n) is 23.9. The van der Waals surface area contributed by atoms with E-state index in [4.69, 9.17) is 4.74 Å². The van der Waals surface area contributed by atoms with E-state index in [0.717, 1.165) is 18.0 Å². The molecule has 3 aromatic rings. The monoisotopic (exact) mass is 550 g/mol. The van der Waals surface area contributed by atoms with E-state index in [-0.39, 0.29) is 5.97 Å². The number of unbranched alkanes of at least 4 members (excludes halogenated alkanes) is 8. The third-order valence-electron chi connectivity index (χ3n) is 7.07. The van der Waals surface area contributed by atoms with Crippen molar-refractivity contribution < 1.29 is 9.53 Å². The van der Waals surface area contributed by atoms with Crippen molar-refractivity contribution in [3.63, 3.8) is 0 Å². The van der Waals surface area contributed by atoms with Gasteiger partial charge in [0.05, 0.1) is 8.07 Å². The highest BCUT2D eigenvalue weighted by Gasteiger charge is 2.22. The van der Waals surface area contributed by atoms with Crippen LogP contribution in [0.25, 0.3) is 11.4 Å². The minimum absolute atomic E-state index is 0.288. The van der Waals surface area contributed by atoms with Gasteiger partial charge in [-0.25, -0.2) is 14.8 Å². The van der Waals surface area contributed by atoms with Crippen molar-refractivity contribution in [2.75, 3.05) is 0 Å². The summed E-state index contributed by atoms with van der Waals surface area (Å²) in [4.78, 5) is 23.8. The van der Waals surface area contributed by atoms with Gasteiger partial charge >= 0.3 is 5.97 Å². The summed E-state index contributed by atoms with van der Waals surface area (Å²) in [5, 5.41) is 0. The van der Waals surface area contributed by atoms with Gasteiger partial charge in [0.15, 0.2) is 5.82 Å². The molecular formula is C32H46N2O2SSi. The molecule has 0 radical (unpaired) electrons. The lowest BCUT2D eigenvalue weighted by atomic mass is 10.1. The average molecular weight is 551 g/mol. The fourth-order valence-electron chi connectivity index (χ4n) is 4.72. The van der Waals surface area contributed by atoms with E-state index >= 15 is 0 Å². The van der Waals surface area contributed by atoms with Gasteiger partial charge in [-0.1, -0.05) is 90.8 Å². The molecule has 2 aromatic heterocycles. The van der Waals surface area contributed by atoms with E-state index < -0.39 is 8.07 Å². The number of nitrogens with zero attached hydrogens (tertiary/aromatic N) is 2. The number of hydrogen-bond acceptors (Lipinski definition) is 5. The van der Waals surface area contributed by atoms with E-state index in [0.29, 0.717) is 16.5 Å². The minimum Gasteiger partial charge on any atom is -0.422 e. The molecule has 0 N–H and O–H groups in total. The maximum Gasteiger partial charge on any atom is 0.353 e. The van der Waals surface area contributed by atoms with Gasteiger partial charge in [-0.3, -0.25) is 0 Å². The largest absolute Gasteiger partial charge is 0.422 e. The molecule has 1 aromatic carbocycles. The predicted molar refractivity (Wildman–Crippen MR) is 164 cm³/mol. The quantitative estimate of drug-likeness (QED) is 0.0726. The number of aromatic nitrogens is 2. The number of esters is 1. The van der Waals surface area contributed by atoms with Gasteiger partial charge in [-0.05, 0) is 60.8 Å². The van der Waals surface area contributed by atoms with Gasteiger partial charge in [0.2, 0.25) is 0 Å². The first kappa shape index (κ1) is 30.2. The Morgan fingerprint density at radius 2 is 1.45 bits per heavy atom. The normalized spacial score (nSPS) is 11.6. The van der Waals surface area contributed by atoms with Crippen molar-refractivity contribution >= 4 is 25.4 Å². The number of carbonyl (C=O) groups is 1. The summed E-state index contributed by atoms with van der Waals surface area (Å²) in [5.41, 5.74) is 2.11. The first-order valence-electron chi connectivity index (χ1n) is 14.6. The second-order valence-electron chi connectivity index (χ2n) is 11.3. The lowest BCUT2D eigenvalue weighted by Gasteiger charge is -2.21. The number of ether oxygens (including phenoxy) is 1. The summed E-state index contributed by atoms with van der Waals surface area (Å²) in [6.07, 6.45) is 18.0. The van der Waals surface area contributed by atoms with Crippen molar-refractivity contribution in [3.8, 4) is 17.1 Å². The Kier molecular flexibility index (Phi) is 12.7. The SMILES string of the molecule is CCCCCCCCCCc1cnc(-c2ccc(OC(=O)c3ccc(C[Si](C)(C)CCCC)s3)cc2)nc1. The van der Waals surface area contributed by atoms with E-state index in [1.54, 1.807) is 11.3 Å². The number of hydrogen-bond donors (Lipinski definition) is 0. The Hall–Kier alpha value is -2.31. The number of thiophene rings is 1. The predicted octanol–water partition coefficient (Wildman–Crippen LogP) is 9.70. The Morgan fingerprint density at radius 3 is 2.11 bits per heavy atom. The number of aryl methyl sites for hydroxylation is 1. The smallest absolute Gasteiger partial charge is 0.353 e. The van der Waals surface area contributed by atoms with E-state index in [2.05, 4.69) is 43.0 Å².